The van der Waals surface area contributed by atoms with Crippen LogP contribution in [0.1, 0.15) is 5.56 Å². The number of nitrogens with two attached hydrogens (primary N) is 1. The molecule has 1 aromatic heterocycles. The number of nitrogen functional groups attached to an aromatic ring is 1. The minimum absolute atomic E-state index is 0.370. The lowest BCUT2D eigenvalue weighted by molar-refractivity contribution is 0.414. The fourth-order valence-electron chi connectivity index (χ4n) is 2.08. The number of hydrogen-bond donors (Lipinski definition) is 2. The zero-order chi connectivity index (χ0) is 15.4. The molecule has 112 valence electrons. The lowest BCUT2D eigenvalue weighted by Crippen LogP contribution is -2.06. The Morgan fingerprint density at radius 2 is 1.82 bits per heavy atom. The second-order valence-electron chi connectivity index (χ2n) is 4.79. The molecule has 0 radical (unpaired) electrons. The van der Waals surface area contributed by atoms with Crippen molar-refractivity contribution in [2.75, 3.05) is 18.2 Å². The van der Waals surface area contributed by atoms with Crippen molar-refractivity contribution in [3.63, 3.8) is 0 Å². The standard InChI is InChI=1S/C16H17N5O/c1-22-14-9-7-12(8-10-14)11-21-15(17)19-16(20-21)18-13-5-3-2-4-6-13/h2-10H,11H2,1H3,(H3,17,18,19,20). The number of para-hydroxylation sites is 1. The summed E-state index contributed by atoms with van der Waals surface area (Å²) >= 11 is 0. The summed E-state index contributed by atoms with van der Waals surface area (Å²) in [5.74, 6) is 1.67. The topological polar surface area (TPSA) is 78.0 Å². The van der Waals surface area contributed by atoms with Gasteiger partial charge in [-0.25, -0.2) is 4.68 Å². The number of methoxy groups -OCH3 is 1. The number of hydrogen-bond acceptors (Lipinski definition) is 5. The molecule has 0 spiro atoms. The first-order valence-electron chi connectivity index (χ1n) is 6.90. The van der Waals surface area contributed by atoms with Crippen molar-refractivity contribution >= 4 is 17.6 Å². The molecule has 6 heteroatoms. The molecule has 0 amide bonds. The molecular weight excluding hydrogens is 278 g/mol. The fourth-order valence-corrected chi connectivity index (χ4v) is 2.08. The molecule has 0 aliphatic carbocycles. The highest BCUT2D eigenvalue weighted by Crippen LogP contribution is 2.16. The van der Waals surface area contributed by atoms with Crippen LogP contribution in [0.15, 0.2) is 54.6 Å². The van der Waals surface area contributed by atoms with Crippen molar-refractivity contribution in [3.05, 3.63) is 60.2 Å². The van der Waals surface area contributed by atoms with Gasteiger partial charge in [-0.15, -0.1) is 5.10 Å². The van der Waals surface area contributed by atoms with Crippen molar-refractivity contribution in [3.8, 4) is 5.75 Å². The number of nitrogens with one attached hydrogen (secondary N) is 1. The maximum atomic E-state index is 5.92. The molecule has 0 saturated heterocycles. The SMILES string of the molecule is COc1ccc(Cn2nc(Nc3ccccc3)nc2N)cc1. The van der Waals surface area contributed by atoms with Crippen LogP contribution >= 0.6 is 0 Å². The van der Waals surface area contributed by atoms with E-state index in [0.717, 1.165) is 17.0 Å². The summed E-state index contributed by atoms with van der Waals surface area (Å²) in [7, 11) is 1.64. The Morgan fingerprint density at radius 3 is 2.50 bits per heavy atom. The second kappa shape index (κ2) is 6.17. The van der Waals surface area contributed by atoms with E-state index >= 15 is 0 Å². The molecule has 1 heterocycles. The highest BCUT2D eigenvalue weighted by Gasteiger charge is 2.07. The first-order chi connectivity index (χ1) is 10.7. The highest BCUT2D eigenvalue weighted by atomic mass is 16.5. The monoisotopic (exact) mass is 295 g/mol. The predicted molar refractivity (Wildman–Crippen MR) is 86.3 cm³/mol. The average molecular weight is 295 g/mol. The van der Waals surface area contributed by atoms with Crippen LogP contribution in [0.25, 0.3) is 0 Å². The summed E-state index contributed by atoms with van der Waals surface area (Å²) in [6.07, 6.45) is 0. The maximum Gasteiger partial charge on any atom is 0.248 e. The van der Waals surface area contributed by atoms with E-state index in [-0.39, 0.29) is 0 Å². The van der Waals surface area contributed by atoms with Gasteiger partial charge in [-0.05, 0) is 29.8 Å². The molecule has 0 atom stereocenters. The van der Waals surface area contributed by atoms with E-state index in [1.807, 2.05) is 54.6 Å². The van der Waals surface area contributed by atoms with Crippen LogP contribution in [0.4, 0.5) is 17.6 Å². The Balaban J connectivity index is 1.74. The largest absolute Gasteiger partial charge is 0.497 e. The first-order valence-corrected chi connectivity index (χ1v) is 6.90. The van der Waals surface area contributed by atoms with Gasteiger partial charge in [-0.2, -0.15) is 4.98 Å². The molecule has 22 heavy (non-hydrogen) atoms. The molecule has 3 rings (SSSR count). The van der Waals surface area contributed by atoms with Gasteiger partial charge in [-0.3, -0.25) is 0 Å². The third-order valence-electron chi connectivity index (χ3n) is 3.22. The molecule has 0 saturated carbocycles. The first kappa shape index (κ1) is 13.9. The van der Waals surface area contributed by atoms with Crippen molar-refractivity contribution in [1.82, 2.24) is 14.8 Å². The molecular formula is C16H17N5O. The maximum absolute atomic E-state index is 5.92. The number of ether oxygens (including phenoxy) is 1. The van der Waals surface area contributed by atoms with Gasteiger partial charge in [0.05, 0.1) is 13.7 Å². The van der Waals surface area contributed by atoms with Gasteiger partial charge in [0.2, 0.25) is 11.9 Å². The van der Waals surface area contributed by atoms with Gasteiger partial charge in [0.25, 0.3) is 0 Å². The molecule has 3 N–H and O–H groups in total. The molecule has 3 aromatic rings. The van der Waals surface area contributed by atoms with Crippen molar-refractivity contribution < 1.29 is 4.74 Å². The molecule has 2 aromatic carbocycles. The van der Waals surface area contributed by atoms with Crippen LogP contribution in [0.5, 0.6) is 5.75 Å². The van der Waals surface area contributed by atoms with Gasteiger partial charge in [0.15, 0.2) is 0 Å². The van der Waals surface area contributed by atoms with E-state index in [9.17, 15) is 0 Å². The highest BCUT2D eigenvalue weighted by molar-refractivity contribution is 5.53. The van der Waals surface area contributed by atoms with Gasteiger partial charge in [0, 0.05) is 5.69 Å². The Morgan fingerprint density at radius 1 is 1.09 bits per heavy atom. The summed E-state index contributed by atoms with van der Waals surface area (Å²) in [4.78, 5) is 4.23. The molecule has 0 unspecified atom stereocenters. The third kappa shape index (κ3) is 3.17. The smallest absolute Gasteiger partial charge is 0.248 e. The van der Waals surface area contributed by atoms with Gasteiger partial charge in [-0.1, -0.05) is 30.3 Å². The predicted octanol–water partition coefficient (Wildman–Crippen LogP) is 2.66. The Hall–Kier alpha value is -3.02. The van der Waals surface area contributed by atoms with Crippen molar-refractivity contribution in [1.29, 1.82) is 0 Å². The molecule has 0 fully saturated rings. The lowest BCUT2D eigenvalue weighted by Gasteiger charge is -2.04. The van der Waals surface area contributed by atoms with E-state index in [4.69, 9.17) is 10.5 Å². The Kier molecular flexibility index (Phi) is 3.91. The van der Waals surface area contributed by atoms with E-state index in [1.54, 1.807) is 11.8 Å². The minimum Gasteiger partial charge on any atom is -0.497 e. The van der Waals surface area contributed by atoms with Crippen LogP contribution in [0.2, 0.25) is 0 Å². The van der Waals surface area contributed by atoms with Gasteiger partial charge < -0.3 is 15.8 Å². The van der Waals surface area contributed by atoms with Crippen LogP contribution in [0.3, 0.4) is 0 Å². The van der Waals surface area contributed by atoms with Gasteiger partial charge in [0.1, 0.15) is 5.75 Å². The zero-order valence-corrected chi connectivity index (χ0v) is 12.2. The van der Waals surface area contributed by atoms with Crippen LogP contribution in [-0.4, -0.2) is 21.9 Å². The van der Waals surface area contributed by atoms with Crippen LogP contribution in [0, 0.1) is 0 Å². The molecule has 6 nitrogen and oxygen atoms in total. The number of rotatable bonds is 5. The number of nitrogens with zero attached hydrogens (tertiary/aromatic N) is 3. The Labute approximate surface area is 128 Å². The third-order valence-corrected chi connectivity index (χ3v) is 3.22. The van der Waals surface area contributed by atoms with Crippen molar-refractivity contribution in [2.24, 2.45) is 0 Å². The summed E-state index contributed by atoms with van der Waals surface area (Å²) < 4.78 is 6.80. The number of aromatic nitrogens is 3. The summed E-state index contributed by atoms with van der Waals surface area (Å²) in [5, 5.41) is 7.51. The molecule has 0 aliphatic rings. The lowest BCUT2D eigenvalue weighted by atomic mass is 10.2. The minimum atomic E-state index is 0.370. The van der Waals surface area contributed by atoms with Crippen molar-refractivity contribution in [2.45, 2.75) is 6.54 Å². The second-order valence-corrected chi connectivity index (χ2v) is 4.79. The number of benzene rings is 2. The average Bonchev–Trinajstić information content (AvgIpc) is 2.88. The van der Waals surface area contributed by atoms with E-state index < -0.39 is 0 Å². The number of anilines is 3. The fraction of sp³-hybridized carbons (Fsp3) is 0.125. The van der Waals surface area contributed by atoms with E-state index in [0.29, 0.717) is 18.4 Å². The molecule has 0 aliphatic heterocycles. The van der Waals surface area contributed by atoms with Gasteiger partial charge >= 0.3 is 0 Å². The molecule has 0 bridgehead atoms. The van der Waals surface area contributed by atoms with E-state index in [1.165, 1.54) is 0 Å². The van der Waals surface area contributed by atoms with Crippen LogP contribution in [-0.2, 0) is 6.54 Å². The Bertz CT molecular complexity index is 737. The zero-order valence-electron chi connectivity index (χ0n) is 12.2. The van der Waals surface area contributed by atoms with Crippen LogP contribution < -0.4 is 15.8 Å². The normalized spacial score (nSPS) is 10.4. The summed E-state index contributed by atoms with van der Waals surface area (Å²) in [6, 6.07) is 17.5. The summed E-state index contributed by atoms with van der Waals surface area (Å²) in [5.41, 5.74) is 7.92. The summed E-state index contributed by atoms with van der Waals surface area (Å²) in [6.45, 7) is 0.555. The quantitative estimate of drug-likeness (QED) is 0.756. The van der Waals surface area contributed by atoms with E-state index in [2.05, 4.69) is 15.4 Å².